The molecule has 0 aliphatic carbocycles. The standard InChI is InChI=1S/C37H33N5O4S/c1-24-19-21-26(22-20-24)30-36(31(43)42(39-30)27-15-9-6-10-16-27)37(41(33(47)38-36)34(45)46-35(2,3)4)28-17-11-12-18-29(28)40(32(37)44)23-25-13-7-5-8-14-25/h5-22H,23H2,1-4H3,(H,38,47)/t36-,37+/m1/s1. The third-order valence-corrected chi connectivity index (χ3v) is 8.95. The van der Waals surface area contributed by atoms with E-state index in [1.165, 1.54) is 5.01 Å². The topological polar surface area (TPSA) is 94.5 Å². The van der Waals surface area contributed by atoms with E-state index in [1.54, 1.807) is 49.9 Å². The number of carbonyl (C=O) groups is 3. The van der Waals surface area contributed by atoms with Crippen LogP contribution in [0.1, 0.15) is 43.0 Å². The molecule has 3 aliphatic rings. The van der Waals surface area contributed by atoms with Crippen LogP contribution in [-0.2, 0) is 26.4 Å². The molecule has 0 aromatic heterocycles. The number of hydrogen-bond donors (Lipinski definition) is 1. The molecule has 3 aliphatic heterocycles. The van der Waals surface area contributed by atoms with Gasteiger partial charge in [0.25, 0.3) is 11.8 Å². The number of rotatable bonds is 4. The number of thiocarbonyl (C=S) groups is 1. The molecular weight excluding hydrogens is 611 g/mol. The summed E-state index contributed by atoms with van der Waals surface area (Å²) in [6.07, 6.45) is -0.856. The molecule has 0 radical (unpaired) electrons. The van der Waals surface area contributed by atoms with Crippen molar-refractivity contribution in [1.82, 2.24) is 10.2 Å². The number of fused-ring (bicyclic) bond motifs is 3. The Labute approximate surface area is 278 Å². The minimum Gasteiger partial charge on any atom is -0.443 e. The zero-order chi connectivity index (χ0) is 33.1. The Kier molecular flexibility index (Phi) is 7.02. The van der Waals surface area contributed by atoms with E-state index in [-0.39, 0.29) is 17.4 Å². The highest BCUT2D eigenvalue weighted by Gasteiger charge is 2.80. The van der Waals surface area contributed by atoms with Crippen LogP contribution in [0.3, 0.4) is 0 Å². The quantitative estimate of drug-likeness (QED) is 0.272. The normalized spacial score (nSPS) is 21.8. The second kappa shape index (κ2) is 10.9. The van der Waals surface area contributed by atoms with Gasteiger partial charge in [0.2, 0.25) is 5.54 Å². The molecule has 2 atom stereocenters. The molecule has 4 aromatic rings. The van der Waals surface area contributed by atoms with Crippen molar-refractivity contribution in [3.05, 3.63) is 131 Å². The van der Waals surface area contributed by atoms with Gasteiger partial charge in [0.15, 0.2) is 10.7 Å². The van der Waals surface area contributed by atoms with E-state index in [0.717, 1.165) is 16.0 Å². The molecule has 0 saturated carbocycles. The van der Waals surface area contributed by atoms with Crippen molar-refractivity contribution in [3.8, 4) is 0 Å². The molecule has 4 aromatic carbocycles. The molecule has 3 heterocycles. The average Bonchev–Trinajstić information content (AvgIpc) is 3.59. The van der Waals surface area contributed by atoms with Crippen LogP contribution in [0.25, 0.3) is 0 Å². The van der Waals surface area contributed by atoms with Gasteiger partial charge in [-0.15, -0.1) is 0 Å². The van der Waals surface area contributed by atoms with Gasteiger partial charge in [-0.1, -0.05) is 96.6 Å². The number of para-hydroxylation sites is 2. The van der Waals surface area contributed by atoms with Gasteiger partial charge in [0.05, 0.1) is 17.9 Å². The van der Waals surface area contributed by atoms with E-state index in [4.69, 9.17) is 22.1 Å². The number of amides is 3. The van der Waals surface area contributed by atoms with Crippen LogP contribution in [0.15, 0.2) is 114 Å². The first-order valence-corrected chi connectivity index (χ1v) is 15.8. The Hall–Kier alpha value is -5.35. The number of hydrogen-bond acceptors (Lipinski definition) is 6. The maximum absolute atomic E-state index is 15.5. The molecule has 7 rings (SSSR count). The third kappa shape index (κ3) is 4.46. The second-order valence-corrected chi connectivity index (χ2v) is 13.3. The zero-order valence-corrected chi connectivity index (χ0v) is 27.2. The summed E-state index contributed by atoms with van der Waals surface area (Å²) >= 11 is 5.92. The van der Waals surface area contributed by atoms with Crippen molar-refractivity contribution in [2.24, 2.45) is 5.10 Å². The number of carbonyl (C=O) groups excluding carboxylic acids is 3. The highest BCUT2D eigenvalue weighted by molar-refractivity contribution is 7.80. The fourth-order valence-electron chi connectivity index (χ4n) is 6.74. The van der Waals surface area contributed by atoms with Gasteiger partial charge in [-0.25, -0.2) is 9.69 Å². The SMILES string of the molecule is Cc1ccc(C2=NN(c3ccccc3)C(=O)[C@]23NC(=S)N(C(=O)OC(C)(C)C)[C@@]32C(=O)N(Cc3ccccc3)c3ccccc32)cc1. The molecule has 0 bridgehead atoms. The van der Waals surface area contributed by atoms with Crippen LogP contribution in [0, 0.1) is 6.92 Å². The van der Waals surface area contributed by atoms with E-state index in [0.29, 0.717) is 22.5 Å². The molecule has 47 heavy (non-hydrogen) atoms. The Bertz CT molecular complexity index is 1960. The summed E-state index contributed by atoms with van der Waals surface area (Å²) in [4.78, 5) is 48.0. The van der Waals surface area contributed by atoms with Crippen molar-refractivity contribution < 1.29 is 19.1 Å². The highest BCUT2D eigenvalue weighted by Crippen LogP contribution is 2.57. The van der Waals surface area contributed by atoms with Gasteiger partial charge in [-0.3, -0.25) is 9.59 Å². The molecule has 1 fully saturated rings. The Morgan fingerprint density at radius 2 is 1.47 bits per heavy atom. The van der Waals surface area contributed by atoms with Gasteiger partial charge >= 0.3 is 6.09 Å². The van der Waals surface area contributed by atoms with Crippen molar-refractivity contribution in [2.75, 3.05) is 9.91 Å². The van der Waals surface area contributed by atoms with Crippen LogP contribution in [0.5, 0.6) is 0 Å². The number of nitrogens with one attached hydrogen (secondary N) is 1. The Morgan fingerprint density at radius 1 is 0.851 bits per heavy atom. The summed E-state index contributed by atoms with van der Waals surface area (Å²) in [5.41, 5.74) is -0.737. The second-order valence-electron chi connectivity index (χ2n) is 12.9. The summed E-state index contributed by atoms with van der Waals surface area (Å²) in [6, 6.07) is 33.3. The van der Waals surface area contributed by atoms with Gasteiger partial charge in [0.1, 0.15) is 11.3 Å². The molecule has 10 heteroatoms. The first-order valence-electron chi connectivity index (χ1n) is 15.4. The Morgan fingerprint density at radius 3 is 2.13 bits per heavy atom. The molecule has 1 saturated heterocycles. The van der Waals surface area contributed by atoms with Crippen LogP contribution in [0.4, 0.5) is 16.2 Å². The third-order valence-electron chi connectivity index (χ3n) is 8.67. The minimum atomic E-state index is -2.04. The van der Waals surface area contributed by atoms with Gasteiger partial charge in [0, 0.05) is 11.1 Å². The smallest absolute Gasteiger partial charge is 0.417 e. The van der Waals surface area contributed by atoms with Crippen LogP contribution < -0.4 is 15.2 Å². The van der Waals surface area contributed by atoms with Crippen molar-refractivity contribution >= 4 is 52.3 Å². The van der Waals surface area contributed by atoms with Crippen molar-refractivity contribution in [2.45, 2.75) is 50.9 Å². The maximum Gasteiger partial charge on any atom is 0.417 e. The van der Waals surface area contributed by atoms with Crippen molar-refractivity contribution in [3.63, 3.8) is 0 Å². The fourth-order valence-corrected chi connectivity index (χ4v) is 7.10. The molecule has 3 amide bonds. The number of benzene rings is 4. The summed E-state index contributed by atoms with van der Waals surface area (Å²) in [6.45, 7) is 7.37. The Balaban J connectivity index is 1.54. The van der Waals surface area contributed by atoms with Gasteiger partial charge < -0.3 is 15.0 Å². The summed E-state index contributed by atoms with van der Waals surface area (Å²) in [5.74, 6) is -1.07. The van der Waals surface area contributed by atoms with Crippen LogP contribution in [0.2, 0.25) is 0 Å². The average molecular weight is 644 g/mol. The predicted octanol–water partition coefficient (Wildman–Crippen LogP) is 6.05. The molecule has 1 N–H and O–H groups in total. The largest absolute Gasteiger partial charge is 0.443 e. The van der Waals surface area contributed by atoms with Crippen molar-refractivity contribution in [1.29, 1.82) is 0 Å². The lowest BCUT2D eigenvalue weighted by molar-refractivity contribution is -0.135. The number of anilines is 2. The molecule has 2 spiro atoms. The zero-order valence-electron chi connectivity index (χ0n) is 26.4. The van der Waals surface area contributed by atoms with Gasteiger partial charge in [-0.05, 0) is 63.7 Å². The van der Waals surface area contributed by atoms with E-state index in [1.807, 2.05) is 91.9 Å². The monoisotopic (exact) mass is 643 g/mol. The lowest BCUT2D eigenvalue weighted by Crippen LogP contribution is -2.71. The minimum absolute atomic E-state index is 0.118. The number of hydrazone groups is 1. The predicted molar refractivity (Wildman–Crippen MR) is 184 cm³/mol. The lowest BCUT2D eigenvalue weighted by Gasteiger charge is -2.41. The van der Waals surface area contributed by atoms with Crippen LogP contribution >= 0.6 is 12.2 Å². The lowest BCUT2D eigenvalue weighted by atomic mass is 9.68. The van der Waals surface area contributed by atoms with E-state index in [2.05, 4.69) is 5.32 Å². The maximum atomic E-state index is 15.5. The fraction of sp³-hybridized carbons (Fsp3) is 0.216. The highest BCUT2D eigenvalue weighted by atomic mass is 32.1. The molecule has 0 unspecified atom stereocenters. The number of aryl methyl sites for hydroxylation is 1. The number of nitrogens with zero attached hydrogens (tertiary/aromatic N) is 4. The summed E-state index contributed by atoms with van der Waals surface area (Å²) in [7, 11) is 0. The summed E-state index contributed by atoms with van der Waals surface area (Å²) in [5, 5.41) is 9.35. The van der Waals surface area contributed by atoms with E-state index >= 15 is 9.59 Å². The molecular formula is C37H33N5O4S. The van der Waals surface area contributed by atoms with Crippen LogP contribution in [-0.4, -0.2) is 44.8 Å². The first-order chi connectivity index (χ1) is 22.5. The van der Waals surface area contributed by atoms with Gasteiger partial charge in [-0.2, -0.15) is 10.1 Å². The summed E-state index contributed by atoms with van der Waals surface area (Å²) < 4.78 is 5.93. The van der Waals surface area contributed by atoms with E-state index < -0.39 is 34.6 Å². The molecule has 9 nitrogen and oxygen atoms in total. The molecule has 236 valence electrons. The number of ether oxygens (including phenoxy) is 1. The first kappa shape index (κ1) is 30.3. The van der Waals surface area contributed by atoms with E-state index in [9.17, 15) is 4.79 Å².